The summed E-state index contributed by atoms with van der Waals surface area (Å²) in [5, 5.41) is 11.8. The number of primary amides is 1. The number of nitrogens with two attached hydrogens (primary N) is 1. The Morgan fingerprint density at radius 3 is 2.11 bits per heavy atom. The summed E-state index contributed by atoms with van der Waals surface area (Å²) in [5.74, 6) is -0.981. The standard InChI is InChI=1S/C41H59N7O5/c1-26(2)47-19-15-46(16-20-47)25-30-33(31(41(3,4)5)23-29(38(42)49)37(30)53-8)34-28-12-9-11-27(35(28)44(7)36(34)40(51)52)24-45-17-21-48(22-18-45)39(50)32-13-10-14-43(32)6/h9,11-12,23,26,32H,10,13-22,24-25H2,1-8H3,(H2,42,49)(H,51,52). The molecule has 12 heteroatoms. The highest BCUT2D eigenvalue weighted by atomic mass is 16.5. The van der Waals surface area contributed by atoms with Crippen LogP contribution in [0, 0.1) is 0 Å². The summed E-state index contributed by atoms with van der Waals surface area (Å²) >= 11 is 0. The van der Waals surface area contributed by atoms with Crippen LogP contribution in [-0.2, 0) is 30.3 Å². The van der Waals surface area contributed by atoms with Gasteiger partial charge in [-0.3, -0.25) is 29.2 Å². The average molecular weight is 730 g/mol. The number of likely N-dealkylation sites (N-methyl/N-ethyl adjacent to an activating group) is 1. The highest BCUT2D eigenvalue weighted by Gasteiger charge is 2.36. The number of fused-ring (bicyclic) bond motifs is 1. The van der Waals surface area contributed by atoms with Gasteiger partial charge in [-0.15, -0.1) is 0 Å². The molecule has 2 amide bonds. The van der Waals surface area contributed by atoms with Crippen molar-refractivity contribution in [3.05, 3.63) is 52.2 Å². The number of carboxylic acids is 1. The molecule has 4 heterocycles. The van der Waals surface area contributed by atoms with Crippen LogP contribution in [0.4, 0.5) is 0 Å². The molecular weight excluding hydrogens is 670 g/mol. The van der Waals surface area contributed by atoms with E-state index in [0.717, 1.165) is 91.8 Å². The van der Waals surface area contributed by atoms with Gasteiger partial charge < -0.3 is 25.0 Å². The lowest BCUT2D eigenvalue weighted by molar-refractivity contribution is -0.137. The average Bonchev–Trinajstić information content (AvgIpc) is 3.68. The molecule has 1 aromatic heterocycles. The number of methoxy groups -OCH3 is 1. The molecule has 12 nitrogen and oxygen atoms in total. The van der Waals surface area contributed by atoms with E-state index in [9.17, 15) is 19.5 Å². The molecule has 3 aromatic rings. The van der Waals surface area contributed by atoms with Crippen molar-refractivity contribution in [1.82, 2.24) is 29.1 Å². The number of likely N-dealkylation sites (tertiary alicyclic amines) is 1. The van der Waals surface area contributed by atoms with Crippen molar-refractivity contribution in [2.45, 2.75) is 78.0 Å². The van der Waals surface area contributed by atoms with E-state index < -0.39 is 17.3 Å². The normalized spacial score (nSPS) is 19.8. The first-order valence-electron chi connectivity index (χ1n) is 19.2. The minimum atomic E-state index is -1.03. The maximum Gasteiger partial charge on any atom is 0.353 e. The Hall–Kier alpha value is -3.97. The molecule has 2 aromatic carbocycles. The van der Waals surface area contributed by atoms with E-state index in [1.165, 1.54) is 0 Å². The molecule has 0 aliphatic carbocycles. The summed E-state index contributed by atoms with van der Waals surface area (Å²) in [7, 11) is 5.43. The summed E-state index contributed by atoms with van der Waals surface area (Å²) in [6.07, 6.45) is 1.98. The van der Waals surface area contributed by atoms with Gasteiger partial charge in [0, 0.05) is 95.1 Å². The fourth-order valence-electron chi connectivity index (χ4n) is 8.85. The van der Waals surface area contributed by atoms with E-state index in [1.54, 1.807) is 7.11 Å². The molecule has 3 fully saturated rings. The number of aromatic nitrogens is 1. The minimum absolute atomic E-state index is 0.0188. The number of hydrogen-bond acceptors (Lipinski definition) is 8. The van der Waals surface area contributed by atoms with E-state index in [4.69, 9.17) is 10.5 Å². The molecule has 6 rings (SSSR count). The number of carbonyl (C=O) groups is 3. The number of hydrogen-bond donors (Lipinski definition) is 2. The number of ether oxygens (including phenoxy) is 1. The van der Waals surface area contributed by atoms with E-state index in [1.807, 2.05) is 41.8 Å². The molecule has 1 atom stereocenters. The van der Waals surface area contributed by atoms with Gasteiger partial charge in [-0.2, -0.15) is 0 Å². The molecule has 0 bridgehead atoms. The quantitative estimate of drug-likeness (QED) is 0.316. The minimum Gasteiger partial charge on any atom is -0.496 e. The SMILES string of the molecule is COc1c(C(N)=O)cc(C(C)(C)C)c(-c2c(C(=O)O)n(C)c3c(CN4CCN(C(=O)C5CCCN5C)CC4)cccc23)c1CN1CCN(C(C)C)CC1. The van der Waals surface area contributed by atoms with E-state index in [0.29, 0.717) is 49.1 Å². The number of aromatic carboxylic acids is 1. The van der Waals surface area contributed by atoms with E-state index in [-0.39, 0.29) is 17.6 Å². The van der Waals surface area contributed by atoms with Crippen LogP contribution in [0.25, 0.3) is 22.0 Å². The Balaban J connectivity index is 1.45. The number of para-hydroxylation sites is 1. The van der Waals surface area contributed by atoms with Gasteiger partial charge in [0.2, 0.25) is 5.91 Å². The zero-order valence-electron chi connectivity index (χ0n) is 33.0. The Labute approximate surface area is 314 Å². The number of benzene rings is 2. The maximum atomic E-state index is 13.4. The van der Waals surface area contributed by atoms with Gasteiger partial charge in [-0.1, -0.05) is 39.0 Å². The predicted octanol–water partition coefficient (Wildman–Crippen LogP) is 4.21. The van der Waals surface area contributed by atoms with E-state index in [2.05, 4.69) is 60.3 Å². The molecule has 0 saturated carbocycles. The molecule has 0 radical (unpaired) electrons. The van der Waals surface area contributed by atoms with Gasteiger partial charge in [0.05, 0.1) is 24.2 Å². The number of piperazine rings is 2. The van der Waals surface area contributed by atoms with Gasteiger partial charge in [-0.25, -0.2) is 4.79 Å². The van der Waals surface area contributed by atoms with Crippen molar-refractivity contribution in [3.63, 3.8) is 0 Å². The van der Waals surface area contributed by atoms with Gasteiger partial charge in [-0.05, 0) is 68.5 Å². The van der Waals surface area contributed by atoms with Crippen molar-refractivity contribution in [2.24, 2.45) is 12.8 Å². The summed E-state index contributed by atoms with van der Waals surface area (Å²) in [4.78, 5) is 51.1. The van der Waals surface area contributed by atoms with Crippen molar-refractivity contribution < 1.29 is 24.2 Å². The lowest BCUT2D eigenvalue weighted by atomic mass is 9.77. The fourth-order valence-corrected chi connectivity index (χ4v) is 8.85. The van der Waals surface area contributed by atoms with Gasteiger partial charge >= 0.3 is 5.97 Å². The zero-order chi connectivity index (χ0) is 38.4. The first-order valence-corrected chi connectivity index (χ1v) is 19.2. The van der Waals surface area contributed by atoms with Crippen LogP contribution < -0.4 is 10.5 Å². The number of amides is 2. The van der Waals surface area contributed by atoms with Crippen LogP contribution in [0.5, 0.6) is 5.75 Å². The Morgan fingerprint density at radius 1 is 0.925 bits per heavy atom. The lowest BCUT2D eigenvalue weighted by Crippen LogP contribution is -2.52. The number of aryl methyl sites for hydroxylation is 1. The number of carbonyl (C=O) groups excluding carboxylic acids is 2. The second-order valence-corrected chi connectivity index (χ2v) is 16.5. The fraction of sp³-hybridized carbons (Fsp3) is 0.585. The summed E-state index contributed by atoms with van der Waals surface area (Å²) < 4.78 is 7.87. The molecule has 3 aliphatic rings. The van der Waals surface area contributed by atoms with Crippen molar-refractivity contribution in [3.8, 4) is 16.9 Å². The van der Waals surface area contributed by atoms with Crippen LogP contribution in [0.2, 0.25) is 0 Å². The lowest BCUT2D eigenvalue weighted by Gasteiger charge is -2.38. The molecule has 53 heavy (non-hydrogen) atoms. The first-order chi connectivity index (χ1) is 25.1. The highest BCUT2D eigenvalue weighted by Crippen LogP contribution is 2.47. The molecule has 288 valence electrons. The van der Waals surface area contributed by atoms with Crippen molar-refractivity contribution >= 4 is 28.7 Å². The molecule has 1 unspecified atom stereocenters. The van der Waals surface area contributed by atoms with Crippen molar-refractivity contribution in [1.29, 1.82) is 0 Å². The maximum absolute atomic E-state index is 13.4. The van der Waals surface area contributed by atoms with E-state index >= 15 is 0 Å². The van der Waals surface area contributed by atoms with Gasteiger partial charge in [0.25, 0.3) is 5.91 Å². The molecule has 3 N–H and O–H groups in total. The van der Waals surface area contributed by atoms with Gasteiger partial charge in [0.1, 0.15) is 11.4 Å². The first kappa shape index (κ1) is 38.7. The Bertz CT molecular complexity index is 1860. The highest BCUT2D eigenvalue weighted by molar-refractivity contribution is 6.11. The molecule has 3 aliphatic heterocycles. The van der Waals surface area contributed by atoms with Crippen LogP contribution in [0.1, 0.15) is 85.0 Å². The Morgan fingerprint density at radius 2 is 1.57 bits per heavy atom. The number of rotatable bonds is 10. The second-order valence-electron chi connectivity index (χ2n) is 16.5. The molecule has 0 spiro atoms. The zero-order valence-corrected chi connectivity index (χ0v) is 33.0. The third-order valence-electron chi connectivity index (χ3n) is 11.8. The smallest absolute Gasteiger partial charge is 0.353 e. The Kier molecular flexibility index (Phi) is 11.3. The van der Waals surface area contributed by atoms with Crippen LogP contribution >= 0.6 is 0 Å². The molecule has 3 saturated heterocycles. The second kappa shape index (κ2) is 15.4. The third kappa shape index (κ3) is 7.56. The predicted molar refractivity (Wildman–Crippen MR) is 209 cm³/mol. The van der Waals surface area contributed by atoms with Crippen LogP contribution in [0.3, 0.4) is 0 Å². The largest absolute Gasteiger partial charge is 0.496 e. The third-order valence-corrected chi connectivity index (χ3v) is 11.8. The van der Waals surface area contributed by atoms with Crippen LogP contribution in [-0.4, -0.2) is 137 Å². The monoisotopic (exact) mass is 729 g/mol. The topological polar surface area (TPSA) is 128 Å². The number of nitrogens with zero attached hydrogens (tertiary/aromatic N) is 6. The molecular formula is C41H59N7O5. The van der Waals surface area contributed by atoms with Gasteiger partial charge in [0.15, 0.2) is 0 Å². The summed E-state index contributed by atoms with van der Waals surface area (Å²) in [5.41, 5.74) is 11.0. The van der Waals surface area contributed by atoms with Crippen molar-refractivity contribution in [2.75, 3.05) is 73.1 Å². The van der Waals surface area contributed by atoms with Crippen LogP contribution in [0.15, 0.2) is 24.3 Å². The summed E-state index contributed by atoms with van der Waals surface area (Å²) in [6.45, 7) is 19.1. The number of carboxylic acid groups (broad SMARTS) is 1. The summed E-state index contributed by atoms with van der Waals surface area (Å²) in [6, 6.07) is 8.35.